The van der Waals surface area contributed by atoms with Gasteiger partial charge < -0.3 is 4.90 Å². The number of rotatable bonds is 3. The summed E-state index contributed by atoms with van der Waals surface area (Å²) in [6.45, 7) is 2.61. The molecular weight excluding hydrogens is 421 g/mol. The summed E-state index contributed by atoms with van der Waals surface area (Å²) in [6, 6.07) is 6.86. The zero-order valence-corrected chi connectivity index (χ0v) is 16.6. The van der Waals surface area contributed by atoms with E-state index in [0.717, 1.165) is 12.1 Å². The molecule has 0 saturated carbocycles. The van der Waals surface area contributed by atoms with E-state index in [1.807, 2.05) is 4.90 Å². The largest absolute Gasteiger partial charge is 0.416 e. The number of nitrogens with zero attached hydrogens (tertiary/aromatic N) is 6. The lowest BCUT2D eigenvalue weighted by molar-refractivity contribution is -0.137. The Morgan fingerprint density at radius 1 is 1.07 bits per heavy atom. The Kier molecular flexibility index (Phi) is 4.09. The number of piperidine rings is 1. The van der Waals surface area contributed by atoms with Crippen LogP contribution in [0.3, 0.4) is 0 Å². The van der Waals surface area contributed by atoms with Crippen LogP contribution in [0.25, 0.3) is 5.65 Å². The summed E-state index contributed by atoms with van der Waals surface area (Å²) in [5, 5.41) is 12.5. The number of sulfonamides is 1. The maximum atomic E-state index is 13.0. The summed E-state index contributed by atoms with van der Waals surface area (Å²) in [6.07, 6.45) is -3.93. The maximum absolute atomic E-state index is 13.0. The van der Waals surface area contributed by atoms with E-state index in [0.29, 0.717) is 42.9 Å². The highest BCUT2D eigenvalue weighted by molar-refractivity contribution is 7.89. The van der Waals surface area contributed by atoms with E-state index < -0.39 is 21.8 Å². The monoisotopic (exact) mass is 438 g/mol. The van der Waals surface area contributed by atoms with Crippen molar-refractivity contribution < 1.29 is 21.6 Å². The van der Waals surface area contributed by atoms with E-state index in [1.54, 1.807) is 23.6 Å². The molecule has 3 fully saturated rings. The molecule has 8 nitrogen and oxygen atoms in total. The van der Waals surface area contributed by atoms with Gasteiger partial charge in [0, 0.05) is 25.2 Å². The summed E-state index contributed by atoms with van der Waals surface area (Å²) in [4.78, 5) is 1.65. The van der Waals surface area contributed by atoms with E-state index in [1.165, 1.54) is 10.4 Å². The number of anilines is 1. The lowest BCUT2D eigenvalue weighted by Crippen LogP contribution is -2.70. The molecule has 2 atom stereocenters. The number of hydrogen-bond acceptors (Lipinski definition) is 6. The van der Waals surface area contributed by atoms with Gasteiger partial charge in [0.1, 0.15) is 5.82 Å². The van der Waals surface area contributed by atoms with Gasteiger partial charge in [0.25, 0.3) is 0 Å². The van der Waals surface area contributed by atoms with Crippen LogP contribution in [-0.4, -0.2) is 57.7 Å². The average Bonchev–Trinajstić information content (AvgIpc) is 3.07. The summed E-state index contributed by atoms with van der Waals surface area (Å²) in [7, 11) is -4.02. The predicted octanol–water partition coefficient (Wildman–Crippen LogP) is 2.10. The second-order valence-electron chi connectivity index (χ2n) is 7.52. The first-order valence-corrected chi connectivity index (χ1v) is 10.7. The van der Waals surface area contributed by atoms with Crippen LogP contribution in [-0.2, 0) is 16.2 Å². The van der Waals surface area contributed by atoms with Gasteiger partial charge in [-0.15, -0.1) is 15.3 Å². The minimum atomic E-state index is -4.60. The Morgan fingerprint density at radius 2 is 1.80 bits per heavy atom. The number of halogens is 3. The Morgan fingerprint density at radius 3 is 2.50 bits per heavy atom. The molecule has 1 aromatic carbocycles. The molecule has 30 heavy (non-hydrogen) atoms. The third kappa shape index (κ3) is 2.93. The van der Waals surface area contributed by atoms with Crippen molar-refractivity contribution in [1.29, 1.82) is 0 Å². The topological polar surface area (TPSA) is 83.7 Å². The number of piperazine rings is 1. The summed E-state index contributed by atoms with van der Waals surface area (Å²) < 4.78 is 68.0. The van der Waals surface area contributed by atoms with E-state index >= 15 is 0 Å². The quantitative estimate of drug-likeness (QED) is 0.623. The molecule has 158 valence electrons. The summed E-state index contributed by atoms with van der Waals surface area (Å²) in [5.74, 6) is 1.32. The standard InChI is InChI=1S/C18H17F3N6O2S/c1-11-22-23-16-5-6-17(24-26(11)16)25-9-13-8-14(10-25)27(13)30(28,29)15-4-2-3-12(7-15)18(19,20)21/h2-7,13-14H,8-10H2,1H3. The zero-order valence-electron chi connectivity index (χ0n) is 15.8. The second-order valence-corrected chi connectivity index (χ2v) is 9.36. The van der Waals surface area contributed by atoms with Gasteiger partial charge in [0.15, 0.2) is 11.5 Å². The van der Waals surface area contributed by atoms with Crippen molar-refractivity contribution in [3.05, 3.63) is 47.8 Å². The normalized spacial score (nSPS) is 22.3. The lowest BCUT2D eigenvalue weighted by atomic mass is 9.91. The van der Waals surface area contributed by atoms with Crippen LogP contribution in [0.5, 0.6) is 0 Å². The number of aromatic nitrogens is 4. The smallest absolute Gasteiger partial charge is 0.352 e. The van der Waals surface area contributed by atoms with Crippen molar-refractivity contribution in [1.82, 2.24) is 24.1 Å². The van der Waals surface area contributed by atoms with Gasteiger partial charge in [-0.2, -0.15) is 22.0 Å². The van der Waals surface area contributed by atoms with Crippen molar-refractivity contribution in [2.75, 3.05) is 18.0 Å². The number of benzene rings is 1. The van der Waals surface area contributed by atoms with Crippen LogP contribution in [0, 0.1) is 6.92 Å². The van der Waals surface area contributed by atoms with Gasteiger partial charge in [0.05, 0.1) is 10.5 Å². The first kappa shape index (κ1) is 19.2. The number of fused-ring (bicyclic) bond motifs is 3. The van der Waals surface area contributed by atoms with Crippen LogP contribution >= 0.6 is 0 Å². The van der Waals surface area contributed by atoms with Crippen LogP contribution in [0.4, 0.5) is 19.0 Å². The molecule has 0 amide bonds. The highest BCUT2D eigenvalue weighted by Gasteiger charge is 2.51. The maximum Gasteiger partial charge on any atom is 0.416 e. The van der Waals surface area contributed by atoms with Crippen molar-refractivity contribution >= 4 is 21.5 Å². The fraction of sp³-hybridized carbons (Fsp3) is 0.389. The molecule has 12 heteroatoms. The molecule has 6 rings (SSSR count). The molecule has 0 radical (unpaired) electrons. The molecule has 3 aromatic rings. The van der Waals surface area contributed by atoms with Crippen molar-refractivity contribution in [3.63, 3.8) is 0 Å². The second kappa shape index (κ2) is 6.38. The van der Waals surface area contributed by atoms with Crippen molar-refractivity contribution in [2.24, 2.45) is 0 Å². The number of alkyl halides is 3. The molecule has 3 aliphatic heterocycles. The van der Waals surface area contributed by atoms with E-state index in [9.17, 15) is 21.6 Å². The molecule has 0 aliphatic carbocycles. The van der Waals surface area contributed by atoms with Gasteiger partial charge in [-0.3, -0.25) is 0 Å². The molecule has 0 spiro atoms. The SMILES string of the molecule is Cc1nnc2ccc(N3CC4CC(C3)N4S(=O)(=O)c3cccc(C(F)(F)F)c3)nn12. The molecule has 5 heterocycles. The fourth-order valence-corrected chi connectivity index (χ4v) is 6.02. The summed E-state index contributed by atoms with van der Waals surface area (Å²) >= 11 is 0. The summed E-state index contributed by atoms with van der Waals surface area (Å²) in [5.41, 5.74) is -0.357. The lowest BCUT2D eigenvalue weighted by Gasteiger charge is -2.55. The molecular formula is C18H17F3N6O2S. The molecule has 2 bridgehead atoms. The number of hydrogen-bond donors (Lipinski definition) is 0. The van der Waals surface area contributed by atoms with Crippen LogP contribution < -0.4 is 4.90 Å². The Balaban J connectivity index is 1.40. The molecule has 2 aromatic heterocycles. The van der Waals surface area contributed by atoms with Crippen LogP contribution in [0.1, 0.15) is 17.8 Å². The Labute approximate surface area is 170 Å². The van der Waals surface area contributed by atoms with Crippen LogP contribution in [0.2, 0.25) is 0 Å². The first-order valence-electron chi connectivity index (χ1n) is 9.29. The zero-order chi connectivity index (χ0) is 21.3. The molecule has 3 aliphatic rings. The van der Waals surface area contributed by atoms with Gasteiger partial charge in [-0.05, 0) is 43.7 Å². The third-order valence-electron chi connectivity index (χ3n) is 5.59. The third-order valence-corrected chi connectivity index (χ3v) is 7.59. The van der Waals surface area contributed by atoms with Crippen molar-refractivity contribution in [2.45, 2.75) is 36.5 Å². The Bertz CT molecular complexity index is 1230. The Hall–Kier alpha value is -2.73. The minimum Gasteiger partial charge on any atom is -0.352 e. The molecule has 0 N–H and O–H groups in total. The molecule has 2 unspecified atom stereocenters. The van der Waals surface area contributed by atoms with E-state index in [4.69, 9.17) is 0 Å². The van der Waals surface area contributed by atoms with Crippen molar-refractivity contribution in [3.8, 4) is 0 Å². The minimum absolute atomic E-state index is 0.317. The van der Waals surface area contributed by atoms with Crippen LogP contribution in [0.15, 0.2) is 41.3 Å². The highest BCUT2D eigenvalue weighted by atomic mass is 32.2. The van der Waals surface area contributed by atoms with Gasteiger partial charge >= 0.3 is 6.18 Å². The van der Waals surface area contributed by atoms with E-state index in [2.05, 4.69) is 15.3 Å². The molecule has 3 saturated heterocycles. The predicted molar refractivity (Wildman–Crippen MR) is 100 cm³/mol. The van der Waals surface area contributed by atoms with Gasteiger partial charge in [0.2, 0.25) is 10.0 Å². The highest BCUT2D eigenvalue weighted by Crippen LogP contribution is 2.39. The number of aryl methyl sites for hydroxylation is 1. The van der Waals surface area contributed by atoms with Gasteiger partial charge in [-0.1, -0.05) is 6.07 Å². The average molecular weight is 438 g/mol. The van der Waals surface area contributed by atoms with Gasteiger partial charge in [-0.25, -0.2) is 8.42 Å². The van der Waals surface area contributed by atoms with E-state index in [-0.39, 0.29) is 17.0 Å². The fourth-order valence-electron chi connectivity index (χ4n) is 4.16. The first-order chi connectivity index (χ1) is 14.1.